The van der Waals surface area contributed by atoms with Crippen LogP contribution in [0.2, 0.25) is 0 Å². The van der Waals surface area contributed by atoms with Gasteiger partial charge in [-0.3, -0.25) is 0 Å². The summed E-state index contributed by atoms with van der Waals surface area (Å²) in [5.74, 6) is 0. The van der Waals surface area contributed by atoms with Gasteiger partial charge in [0, 0.05) is 30.8 Å². The van der Waals surface area contributed by atoms with Crippen LogP contribution in [0.1, 0.15) is 5.56 Å². The first-order valence-electron chi connectivity index (χ1n) is 3.29. The van der Waals surface area contributed by atoms with Crippen LogP contribution in [0, 0.1) is 0 Å². The van der Waals surface area contributed by atoms with E-state index in [9.17, 15) is 0 Å². The Morgan fingerprint density at radius 1 is 1.27 bits per heavy atom. The van der Waals surface area contributed by atoms with E-state index in [4.69, 9.17) is 10.8 Å². The number of hydrogen-bond acceptors (Lipinski definition) is 2. The first kappa shape index (κ1) is 10.6. The number of nitrogen functional groups attached to an aromatic ring is 1. The molecule has 0 atom stereocenters. The van der Waals surface area contributed by atoms with Crippen molar-refractivity contribution in [3.05, 3.63) is 29.8 Å². The maximum atomic E-state index is 8.59. The number of hydrogen-bond donors (Lipinski definition) is 2. The molecule has 0 bridgehead atoms. The van der Waals surface area contributed by atoms with Crippen molar-refractivity contribution in [3.63, 3.8) is 0 Å². The minimum atomic E-state index is 0. The van der Waals surface area contributed by atoms with Gasteiger partial charge in [-0.2, -0.15) is 0 Å². The van der Waals surface area contributed by atoms with Crippen LogP contribution in [0.3, 0.4) is 0 Å². The molecule has 0 fully saturated rings. The number of aliphatic hydroxyl groups excluding tert-OH is 1. The van der Waals surface area contributed by atoms with Gasteiger partial charge >= 0.3 is 0 Å². The molecule has 1 aromatic carbocycles. The fraction of sp³-hybridized carbons (Fsp3) is 0.250. The van der Waals surface area contributed by atoms with Crippen LogP contribution in [0.15, 0.2) is 24.3 Å². The van der Waals surface area contributed by atoms with Gasteiger partial charge in [0.1, 0.15) is 0 Å². The molecule has 59 valence electrons. The third kappa shape index (κ3) is 2.97. The summed E-state index contributed by atoms with van der Waals surface area (Å²) in [5, 5.41) is 8.59. The smallest absolute Gasteiger partial charge is 0.0472 e. The third-order valence-corrected chi connectivity index (χ3v) is 1.44. The molecule has 2 nitrogen and oxygen atoms in total. The molecule has 1 rings (SSSR count). The van der Waals surface area contributed by atoms with Crippen LogP contribution in [-0.2, 0) is 25.0 Å². The first-order chi connectivity index (χ1) is 4.84. The van der Waals surface area contributed by atoms with Crippen molar-refractivity contribution < 1.29 is 23.7 Å². The summed E-state index contributed by atoms with van der Waals surface area (Å²) in [6.45, 7) is 0.161. The summed E-state index contributed by atoms with van der Waals surface area (Å²) in [4.78, 5) is 0. The summed E-state index contributed by atoms with van der Waals surface area (Å²) < 4.78 is 0. The average Bonchev–Trinajstić information content (AvgIpc) is 1.94. The van der Waals surface area contributed by atoms with E-state index in [1.54, 1.807) is 0 Å². The molecule has 0 heterocycles. The van der Waals surface area contributed by atoms with Crippen LogP contribution in [-0.4, -0.2) is 11.7 Å². The fourth-order valence-electron chi connectivity index (χ4n) is 0.882. The quantitative estimate of drug-likeness (QED) is 0.674. The average molecular weight is 188 g/mol. The molecule has 0 aromatic heterocycles. The van der Waals surface area contributed by atoms with Crippen LogP contribution < -0.4 is 5.73 Å². The fourth-order valence-corrected chi connectivity index (χ4v) is 0.882. The molecule has 0 unspecified atom stereocenters. The molecule has 0 amide bonds. The van der Waals surface area contributed by atoms with Crippen LogP contribution in [0.25, 0.3) is 0 Å². The minimum absolute atomic E-state index is 0. The molecular weight excluding hydrogens is 177 g/mol. The Balaban J connectivity index is 0.000001000. The molecule has 3 N–H and O–H groups in total. The maximum Gasteiger partial charge on any atom is 0.0472 e. The summed E-state index contributed by atoms with van der Waals surface area (Å²) >= 11 is 0. The van der Waals surface area contributed by atoms with Gasteiger partial charge in [-0.05, 0) is 18.1 Å². The summed E-state index contributed by atoms with van der Waals surface area (Å²) in [7, 11) is 0. The Hall–Kier alpha value is -0.436. The second-order valence-corrected chi connectivity index (χ2v) is 2.17. The normalized spacial score (nSPS) is 8.82. The van der Waals surface area contributed by atoms with Crippen molar-refractivity contribution in [3.8, 4) is 0 Å². The van der Waals surface area contributed by atoms with Crippen LogP contribution in [0.5, 0.6) is 0 Å². The molecule has 0 saturated heterocycles. The van der Waals surface area contributed by atoms with Crippen LogP contribution in [0.4, 0.5) is 5.69 Å². The zero-order valence-electron chi connectivity index (χ0n) is 6.20. The Morgan fingerprint density at radius 3 is 2.45 bits per heavy atom. The zero-order valence-corrected chi connectivity index (χ0v) is 7.59. The molecule has 11 heavy (non-hydrogen) atoms. The van der Waals surface area contributed by atoms with Crippen molar-refractivity contribution in [2.24, 2.45) is 0 Å². The topological polar surface area (TPSA) is 46.2 Å². The zero-order chi connectivity index (χ0) is 7.40. The van der Waals surface area contributed by atoms with Gasteiger partial charge in [-0.1, -0.05) is 18.2 Å². The predicted molar refractivity (Wildman–Crippen MR) is 41.6 cm³/mol. The van der Waals surface area contributed by atoms with Gasteiger partial charge in [-0.25, -0.2) is 0 Å². The number of para-hydroxylation sites is 1. The Labute approximate surface area is 78.3 Å². The maximum absolute atomic E-state index is 8.59. The Morgan fingerprint density at radius 2 is 1.91 bits per heavy atom. The minimum Gasteiger partial charge on any atom is -0.399 e. The SMILES string of the molecule is Nc1ccccc1CCO.[V]. The Kier molecular flexibility index (Phi) is 5.04. The number of rotatable bonds is 2. The van der Waals surface area contributed by atoms with E-state index in [1.807, 2.05) is 24.3 Å². The second-order valence-electron chi connectivity index (χ2n) is 2.17. The summed E-state index contributed by atoms with van der Waals surface area (Å²) in [6, 6.07) is 7.56. The summed E-state index contributed by atoms with van der Waals surface area (Å²) in [5.41, 5.74) is 7.37. The number of benzene rings is 1. The van der Waals surface area contributed by atoms with E-state index >= 15 is 0 Å². The van der Waals surface area contributed by atoms with E-state index in [0.29, 0.717) is 6.42 Å². The van der Waals surface area contributed by atoms with E-state index in [0.717, 1.165) is 11.3 Å². The third-order valence-electron chi connectivity index (χ3n) is 1.44. The first-order valence-corrected chi connectivity index (χ1v) is 3.29. The largest absolute Gasteiger partial charge is 0.399 e. The van der Waals surface area contributed by atoms with Crippen molar-refractivity contribution in [1.82, 2.24) is 0 Å². The van der Waals surface area contributed by atoms with Crippen LogP contribution >= 0.6 is 0 Å². The van der Waals surface area contributed by atoms with E-state index in [-0.39, 0.29) is 25.2 Å². The van der Waals surface area contributed by atoms with E-state index in [2.05, 4.69) is 0 Å². The van der Waals surface area contributed by atoms with Gasteiger partial charge in [-0.15, -0.1) is 0 Å². The molecule has 0 spiro atoms. The van der Waals surface area contributed by atoms with Crippen molar-refractivity contribution in [2.45, 2.75) is 6.42 Å². The van der Waals surface area contributed by atoms with E-state index < -0.39 is 0 Å². The Bertz CT molecular complexity index is 215. The number of anilines is 1. The van der Waals surface area contributed by atoms with Gasteiger partial charge in [0.25, 0.3) is 0 Å². The van der Waals surface area contributed by atoms with Crippen molar-refractivity contribution in [2.75, 3.05) is 12.3 Å². The van der Waals surface area contributed by atoms with Gasteiger partial charge in [0.05, 0.1) is 0 Å². The standard InChI is InChI=1S/C8H11NO.V/c9-8-4-2-1-3-7(8)5-6-10;/h1-4,10H,5-6,9H2;. The van der Waals surface area contributed by atoms with Gasteiger partial charge in [0.2, 0.25) is 0 Å². The summed E-state index contributed by atoms with van der Waals surface area (Å²) in [6.07, 6.45) is 0.646. The van der Waals surface area contributed by atoms with E-state index in [1.165, 1.54) is 0 Å². The number of nitrogens with two attached hydrogens (primary N) is 1. The van der Waals surface area contributed by atoms with Gasteiger partial charge < -0.3 is 10.8 Å². The predicted octanol–water partition coefficient (Wildman–Crippen LogP) is 0.801. The number of aliphatic hydroxyl groups is 1. The molecule has 0 aliphatic rings. The molecular formula is C8H11NOV. The molecule has 0 aliphatic carbocycles. The molecule has 1 aromatic rings. The monoisotopic (exact) mass is 188 g/mol. The molecule has 1 radical (unpaired) electrons. The molecule has 3 heteroatoms. The second kappa shape index (κ2) is 5.25. The molecule has 0 aliphatic heterocycles. The van der Waals surface area contributed by atoms with Crippen molar-refractivity contribution >= 4 is 5.69 Å². The molecule has 0 saturated carbocycles. The van der Waals surface area contributed by atoms with Crippen molar-refractivity contribution in [1.29, 1.82) is 0 Å². The van der Waals surface area contributed by atoms with Gasteiger partial charge in [0.15, 0.2) is 0 Å².